The summed E-state index contributed by atoms with van der Waals surface area (Å²) in [7, 11) is 1.57. The fourth-order valence-corrected chi connectivity index (χ4v) is 5.28. The number of aromatic amines is 1. The van der Waals surface area contributed by atoms with Crippen molar-refractivity contribution in [1.29, 1.82) is 5.26 Å². The number of nitriles is 1. The highest BCUT2D eigenvalue weighted by Crippen LogP contribution is 2.32. The first-order valence-corrected chi connectivity index (χ1v) is 14.2. The van der Waals surface area contributed by atoms with Gasteiger partial charge in [-0.15, -0.1) is 0 Å². The molecule has 1 saturated heterocycles. The lowest BCUT2D eigenvalue weighted by atomic mass is 9.99. The third-order valence-electron chi connectivity index (χ3n) is 7.45. The number of hydrogen-bond acceptors (Lipinski definition) is 8. The SMILES string of the molecule is COc1ccccc1C(=O)N1CCN(C(Cc2ccc(C#N)c(Oc3cccc(OCCO)c3)c2)c2cnc(C)[nH]2)CC1. The van der Waals surface area contributed by atoms with Crippen LogP contribution >= 0.6 is 0 Å². The van der Waals surface area contributed by atoms with Crippen LogP contribution in [-0.4, -0.2) is 77.3 Å². The number of aromatic nitrogens is 2. The number of ether oxygens (including phenoxy) is 3. The van der Waals surface area contributed by atoms with Crippen molar-refractivity contribution in [2.45, 2.75) is 19.4 Å². The Kier molecular flexibility index (Phi) is 9.56. The van der Waals surface area contributed by atoms with Crippen LogP contribution in [0.25, 0.3) is 0 Å². The van der Waals surface area contributed by atoms with Crippen molar-refractivity contribution >= 4 is 5.91 Å². The van der Waals surface area contributed by atoms with E-state index in [4.69, 9.17) is 19.3 Å². The number of aliphatic hydroxyl groups is 1. The Morgan fingerprint density at radius 2 is 1.84 bits per heavy atom. The number of nitrogens with zero attached hydrogens (tertiary/aromatic N) is 4. The summed E-state index contributed by atoms with van der Waals surface area (Å²) in [4.78, 5) is 25.4. The van der Waals surface area contributed by atoms with Crippen molar-refractivity contribution in [3.05, 3.63) is 101 Å². The number of rotatable bonds is 11. The minimum absolute atomic E-state index is 0.0271. The average Bonchev–Trinajstić information content (AvgIpc) is 3.48. The second-order valence-corrected chi connectivity index (χ2v) is 10.3. The van der Waals surface area contributed by atoms with Gasteiger partial charge >= 0.3 is 0 Å². The molecule has 0 radical (unpaired) electrons. The number of nitrogens with one attached hydrogen (secondary N) is 1. The molecule has 1 atom stereocenters. The van der Waals surface area contributed by atoms with E-state index < -0.39 is 0 Å². The van der Waals surface area contributed by atoms with Crippen LogP contribution in [0.3, 0.4) is 0 Å². The smallest absolute Gasteiger partial charge is 0.257 e. The maximum absolute atomic E-state index is 13.3. The number of aryl methyl sites for hydroxylation is 1. The van der Waals surface area contributed by atoms with Crippen molar-refractivity contribution in [2.75, 3.05) is 46.5 Å². The molecule has 1 amide bonds. The van der Waals surface area contributed by atoms with Gasteiger partial charge in [0, 0.05) is 38.4 Å². The molecule has 5 rings (SSSR count). The van der Waals surface area contributed by atoms with Crippen molar-refractivity contribution in [1.82, 2.24) is 19.8 Å². The van der Waals surface area contributed by atoms with Gasteiger partial charge in [-0.25, -0.2) is 4.98 Å². The number of imidazole rings is 1. The number of aliphatic hydroxyl groups excluding tert-OH is 1. The second kappa shape index (κ2) is 13.9. The van der Waals surface area contributed by atoms with Gasteiger partial charge in [0.05, 0.1) is 36.6 Å². The largest absolute Gasteiger partial charge is 0.496 e. The fourth-order valence-electron chi connectivity index (χ4n) is 5.28. The Morgan fingerprint density at radius 1 is 1.05 bits per heavy atom. The summed E-state index contributed by atoms with van der Waals surface area (Å²) in [6.45, 7) is 4.55. The summed E-state index contributed by atoms with van der Waals surface area (Å²) in [5.41, 5.74) is 2.96. The predicted molar refractivity (Wildman–Crippen MR) is 160 cm³/mol. The molecule has 2 heterocycles. The summed E-state index contributed by atoms with van der Waals surface area (Å²) in [5, 5.41) is 18.8. The second-order valence-electron chi connectivity index (χ2n) is 10.3. The number of piperazine rings is 1. The van der Waals surface area contributed by atoms with E-state index >= 15 is 0 Å². The zero-order chi connectivity index (χ0) is 30.2. The third kappa shape index (κ3) is 7.15. The number of benzene rings is 3. The number of methoxy groups -OCH3 is 1. The Balaban J connectivity index is 1.34. The highest BCUT2D eigenvalue weighted by molar-refractivity contribution is 5.97. The molecule has 1 aliphatic heterocycles. The molecule has 10 heteroatoms. The molecule has 0 aliphatic carbocycles. The predicted octanol–water partition coefficient (Wildman–Crippen LogP) is 4.50. The molecule has 1 fully saturated rings. The van der Waals surface area contributed by atoms with Crippen LogP contribution in [0.1, 0.15) is 39.0 Å². The number of amides is 1. The first-order valence-electron chi connectivity index (χ1n) is 14.2. The number of hydrogen-bond donors (Lipinski definition) is 2. The minimum Gasteiger partial charge on any atom is -0.496 e. The van der Waals surface area contributed by atoms with E-state index in [0.29, 0.717) is 66.7 Å². The number of carbonyl (C=O) groups is 1. The van der Waals surface area contributed by atoms with Crippen LogP contribution < -0.4 is 14.2 Å². The van der Waals surface area contributed by atoms with Crippen molar-refractivity contribution < 1.29 is 24.1 Å². The molecular weight excluding hydrogens is 546 g/mol. The van der Waals surface area contributed by atoms with E-state index in [0.717, 1.165) is 17.1 Å². The average molecular weight is 582 g/mol. The molecule has 4 aromatic rings. The van der Waals surface area contributed by atoms with Crippen molar-refractivity contribution in [3.63, 3.8) is 0 Å². The minimum atomic E-state index is -0.0874. The van der Waals surface area contributed by atoms with Crippen molar-refractivity contribution in [3.8, 4) is 29.1 Å². The Bertz CT molecular complexity index is 1590. The molecule has 10 nitrogen and oxygen atoms in total. The van der Waals surface area contributed by atoms with E-state index in [-0.39, 0.29) is 25.2 Å². The van der Waals surface area contributed by atoms with E-state index in [1.54, 1.807) is 49.6 Å². The summed E-state index contributed by atoms with van der Waals surface area (Å²) < 4.78 is 17.1. The zero-order valence-electron chi connectivity index (χ0n) is 24.3. The Morgan fingerprint density at radius 3 is 2.56 bits per heavy atom. The van der Waals surface area contributed by atoms with Crippen LogP contribution in [-0.2, 0) is 6.42 Å². The Labute approximate surface area is 251 Å². The molecule has 1 aliphatic rings. The molecule has 0 bridgehead atoms. The molecule has 0 spiro atoms. The van der Waals surface area contributed by atoms with Gasteiger partial charge in [0.2, 0.25) is 0 Å². The van der Waals surface area contributed by atoms with E-state index in [1.165, 1.54) is 0 Å². The zero-order valence-corrected chi connectivity index (χ0v) is 24.3. The third-order valence-corrected chi connectivity index (χ3v) is 7.45. The molecule has 3 aromatic carbocycles. The number of H-pyrrole nitrogens is 1. The monoisotopic (exact) mass is 581 g/mol. The van der Waals surface area contributed by atoms with Crippen LogP contribution in [0.2, 0.25) is 0 Å². The summed E-state index contributed by atoms with van der Waals surface area (Å²) in [6.07, 6.45) is 2.51. The summed E-state index contributed by atoms with van der Waals surface area (Å²) in [5.74, 6) is 2.91. The highest BCUT2D eigenvalue weighted by atomic mass is 16.5. The van der Waals surface area contributed by atoms with Crippen LogP contribution in [0, 0.1) is 18.3 Å². The fraction of sp³-hybridized carbons (Fsp3) is 0.303. The van der Waals surface area contributed by atoms with E-state index in [1.807, 2.05) is 42.3 Å². The topological polar surface area (TPSA) is 124 Å². The standard InChI is InChI=1S/C33H35N5O5/c1-23-35-22-29(36-23)30(37-12-14-38(15-13-37)33(40)28-8-3-4-9-31(28)41-2)18-24-10-11-25(21-34)32(19-24)43-27-7-5-6-26(20-27)42-17-16-39/h3-11,19-20,22,30,39H,12-18H2,1-2H3,(H,35,36). The highest BCUT2D eigenvalue weighted by Gasteiger charge is 2.30. The van der Waals surface area contributed by atoms with Crippen molar-refractivity contribution in [2.24, 2.45) is 0 Å². The first-order chi connectivity index (χ1) is 21.0. The van der Waals surface area contributed by atoms with E-state index in [2.05, 4.69) is 20.9 Å². The molecular formula is C33H35N5O5. The normalized spacial score (nSPS) is 14.1. The lowest BCUT2D eigenvalue weighted by molar-refractivity contribution is 0.0560. The van der Waals surface area contributed by atoms with Gasteiger partial charge in [-0.05, 0) is 55.3 Å². The Hall–Kier alpha value is -4.85. The molecule has 43 heavy (non-hydrogen) atoms. The van der Waals surface area contributed by atoms with Gasteiger partial charge in [0.25, 0.3) is 5.91 Å². The molecule has 0 saturated carbocycles. The molecule has 2 N–H and O–H groups in total. The molecule has 1 unspecified atom stereocenters. The number of carbonyl (C=O) groups excluding carboxylic acids is 1. The summed E-state index contributed by atoms with van der Waals surface area (Å²) >= 11 is 0. The lowest BCUT2D eigenvalue weighted by Gasteiger charge is -2.39. The maximum Gasteiger partial charge on any atom is 0.257 e. The lowest BCUT2D eigenvalue weighted by Crippen LogP contribution is -2.50. The quantitative estimate of drug-likeness (QED) is 0.265. The van der Waals surface area contributed by atoms with Gasteiger partial charge in [-0.2, -0.15) is 5.26 Å². The first kappa shape index (κ1) is 29.6. The maximum atomic E-state index is 13.3. The van der Waals surface area contributed by atoms with Crippen LogP contribution in [0.5, 0.6) is 23.0 Å². The van der Waals surface area contributed by atoms with E-state index in [9.17, 15) is 10.1 Å². The van der Waals surface area contributed by atoms with Gasteiger partial charge < -0.3 is 29.2 Å². The van der Waals surface area contributed by atoms with Gasteiger partial charge in [0.15, 0.2) is 0 Å². The summed E-state index contributed by atoms with van der Waals surface area (Å²) in [6, 6.07) is 22.2. The van der Waals surface area contributed by atoms with Crippen LogP contribution in [0.4, 0.5) is 0 Å². The van der Waals surface area contributed by atoms with Gasteiger partial charge in [-0.1, -0.05) is 24.3 Å². The van der Waals surface area contributed by atoms with Gasteiger partial charge in [0.1, 0.15) is 41.5 Å². The van der Waals surface area contributed by atoms with Gasteiger partial charge in [-0.3, -0.25) is 9.69 Å². The van der Waals surface area contributed by atoms with Crippen LogP contribution in [0.15, 0.2) is 72.9 Å². The molecule has 1 aromatic heterocycles. The molecule has 222 valence electrons. The number of para-hydroxylation sites is 1.